The lowest BCUT2D eigenvalue weighted by atomic mass is 10.1. The number of aryl methyl sites for hydroxylation is 3. The van der Waals surface area contributed by atoms with E-state index in [1.165, 1.54) is 10.4 Å². The Balaban J connectivity index is 2.12. The van der Waals surface area contributed by atoms with Gasteiger partial charge in [-0.25, -0.2) is 0 Å². The molecule has 0 aliphatic carbocycles. The topological polar surface area (TPSA) is 57.8 Å². The molecule has 0 saturated heterocycles. The van der Waals surface area contributed by atoms with E-state index in [1.807, 2.05) is 19.1 Å². The Labute approximate surface area is 123 Å². The molecule has 0 unspecified atom stereocenters. The average Bonchev–Trinajstić information content (AvgIpc) is 3.05. The van der Waals surface area contributed by atoms with E-state index in [0.717, 1.165) is 36.3 Å². The largest absolute Gasteiger partial charge is 0.304 e. The van der Waals surface area contributed by atoms with Crippen LogP contribution in [-0.2, 0) is 19.3 Å². The zero-order valence-electron chi connectivity index (χ0n) is 12.2. The fraction of sp³-hybridized carbons (Fsp3) is 0.467. The van der Waals surface area contributed by atoms with Gasteiger partial charge in [0.1, 0.15) is 0 Å². The van der Waals surface area contributed by atoms with Gasteiger partial charge in [-0.2, -0.15) is 5.10 Å². The summed E-state index contributed by atoms with van der Waals surface area (Å²) in [5, 5.41) is 9.83. The lowest BCUT2D eigenvalue weighted by molar-refractivity contribution is 0.103. The van der Waals surface area contributed by atoms with E-state index >= 15 is 0 Å². The van der Waals surface area contributed by atoms with Crippen LogP contribution < -0.4 is 5.32 Å². The van der Waals surface area contributed by atoms with Crippen molar-refractivity contribution in [3.8, 4) is 0 Å². The number of rotatable bonds is 6. The zero-order chi connectivity index (χ0) is 14.5. The number of nitrogens with one attached hydrogen (secondary N) is 2. The third-order valence-corrected chi connectivity index (χ3v) is 4.47. The molecule has 0 aromatic carbocycles. The van der Waals surface area contributed by atoms with Crippen LogP contribution in [0.15, 0.2) is 12.1 Å². The number of aromatic nitrogens is 2. The third kappa shape index (κ3) is 3.28. The highest BCUT2D eigenvalue weighted by Gasteiger charge is 2.14. The predicted molar refractivity (Wildman–Crippen MR) is 83.6 cm³/mol. The molecule has 2 N–H and O–H groups in total. The number of H-pyrrole nitrogens is 1. The molecule has 0 aliphatic heterocycles. The van der Waals surface area contributed by atoms with Gasteiger partial charge in [-0.1, -0.05) is 27.2 Å². The second kappa shape index (κ2) is 6.70. The highest BCUT2D eigenvalue weighted by Crippen LogP contribution is 2.25. The van der Waals surface area contributed by atoms with Gasteiger partial charge in [0.15, 0.2) is 5.82 Å². The van der Waals surface area contributed by atoms with Gasteiger partial charge < -0.3 is 5.32 Å². The maximum absolute atomic E-state index is 12.2. The Morgan fingerprint density at radius 1 is 1.30 bits per heavy atom. The summed E-state index contributed by atoms with van der Waals surface area (Å²) in [6.45, 7) is 6.34. The van der Waals surface area contributed by atoms with E-state index in [2.05, 4.69) is 29.4 Å². The molecule has 2 aromatic rings. The van der Waals surface area contributed by atoms with E-state index in [4.69, 9.17) is 0 Å². The van der Waals surface area contributed by atoms with Crippen LogP contribution >= 0.6 is 11.3 Å². The van der Waals surface area contributed by atoms with E-state index in [1.54, 1.807) is 11.3 Å². The first-order valence-electron chi connectivity index (χ1n) is 7.15. The Bertz CT molecular complexity index is 586. The molecule has 0 fully saturated rings. The Kier molecular flexibility index (Phi) is 4.95. The van der Waals surface area contributed by atoms with Crippen LogP contribution in [-0.4, -0.2) is 16.1 Å². The number of thiophene rings is 1. The molecule has 0 atom stereocenters. The molecule has 2 rings (SSSR count). The molecule has 0 aliphatic rings. The minimum absolute atomic E-state index is 0.0683. The summed E-state index contributed by atoms with van der Waals surface area (Å²) in [7, 11) is 0. The molecule has 1 amide bonds. The summed E-state index contributed by atoms with van der Waals surface area (Å²) in [5.41, 5.74) is 2.31. The first-order valence-corrected chi connectivity index (χ1v) is 7.96. The lowest BCUT2D eigenvalue weighted by Gasteiger charge is -1.97. The zero-order valence-corrected chi connectivity index (χ0v) is 13.1. The molecule has 20 heavy (non-hydrogen) atoms. The van der Waals surface area contributed by atoms with Gasteiger partial charge in [-0.05, 0) is 30.9 Å². The van der Waals surface area contributed by atoms with E-state index in [-0.39, 0.29) is 5.91 Å². The molecule has 0 spiro atoms. The number of nitrogens with zero attached hydrogens (tertiary/aromatic N) is 1. The van der Waals surface area contributed by atoms with Gasteiger partial charge in [0.2, 0.25) is 0 Å². The van der Waals surface area contributed by atoms with Crippen LogP contribution in [0.4, 0.5) is 5.82 Å². The summed E-state index contributed by atoms with van der Waals surface area (Å²) >= 11 is 1.60. The highest BCUT2D eigenvalue weighted by molar-refractivity contribution is 7.14. The van der Waals surface area contributed by atoms with Crippen molar-refractivity contribution in [3.05, 3.63) is 33.1 Å². The summed E-state index contributed by atoms with van der Waals surface area (Å²) in [6.07, 6.45) is 4.00. The van der Waals surface area contributed by atoms with Crippen molar-refractivity contribution in [2.75, 3.05) is 5.32 Å². The van der Waals surface area contributed by atoms with Gasteiger partial charge in [-0.15, -0.1) is 11.3 Å². The van der Waals surface area contributed by atoms with Gasteiger partial charge in [0, 0.05) is 16.6 Å². The van der Waals surface area contributed by atoms with Crippen LogP contribution in [0.3, 0.4) is 0 Å². The first kappa shape index (κ1) is 14.8. The minimum Gasteiger partial charge on any atom is -0.304 e. The molecule has 0 radical (unpaired) electrons. The van der Waals surface area contributed by atoms with Crippen molar-refractivity contribution in [2.45, 2.75) is 46.5 Å². The third-order valence-electron chi connectivity index (χ3n) is 3.23. The van der Waals surface area contributed by atoms with Crippen molar-refractivity contribution in [1.82, 2.24) is 10.2 Å². The van der Waals surface area contributed by atoms with Gasteiger partial charge in [0.05, 0.1) is 4.88 Å². The number of anilines is 1. The standard InChI is InChI=1S/C15H21N3OS/c1-4-7-12-10(5-2)8-13(20-12)15(19)16-14-9-11(6-3)17-18-14/h8-9H,4-7H2,1-3H3,(H2,16,17,18,19). The smallest absolute Gasteiger partial charge is 0.266 e. The molecule has 0 saturated carbocycles. The molecule has 2 aromatic heterocycles. The quantitative estimate of drug-likeness (QED) is 0.850. The first-order chi connectivity index (χ1) is 9.67. The van der Waals surface area contributed by atoms with Crippen LogP contribution in [0.2, 0.25) is 0 Å². The van der Waals surface area contributed by atoms with Gasteiger partial charge >= 0.3 is 0 Å². The van der Waals surface area contributed by atoms with Crippen molar-refractivity contribution >= 4 is 23.1 Å². The monoisotopic (exact) mass is 291 g/mol. The molecule has 108 valence electrons. The fourth-order valence-electron chi connectivity index (χ4n) is 2.10. The number of aromatic amines is 1. The molecular formula is C15H21N3OS. The highest BCUT2D eigenvalue weighted by atomic mass is 32.1. The molecule has 2 heterocycles. The van der Waals surface area contributed by atoms with Crippen molar-refractivity contribution < 1.29 is 4.79 Å². The maximum Gasteiger partial charge on any atom is 0.266 e. The summed E-state index contributed by atoms with van der Waals surface area (Å²) in [4.78, 5) is 14.3. The van der Waals surface area contributed by atoms with E-state index in [0.29, 0.717) is 5.82 Å². The number of hydrogen-bond acceptors (Lipinski definition) is 3. The minimum atomic E-state index is -0.0683. The number of carbonyl (C=O) groups excluding carboxylic acids is 1. The van der Waals surface area contributed by atoms with Crippen molar-refractivity contribution in [3.63, 3.8) is 0 Å². The van der Waals surface area contributed by atoms with Crippen molar-refractivity contribution in [1.29, 1.82) is 0 Å². The molecule has 5 heteroatoms. The van der Waals surface area contributed by atoms with Crippen LogP contribution in [0, 0.1) is 0 Å². The maximum atomic E-state index is 12.2. The summed E-state index contributed by atoms with van der Waals surface area (Å²) in [5.74, 6) is 0.525. The Morgan fingerprint density at radius 2 is 2.10 bits per heavy atom. The van der Waals surface area contributed by atoms with Crippen molar-refractivity contribution in [2.24, 2.45) is 0 Å². The average molecular weight is 291 g/mol. The Morgan fingerprint density at radius 3 is 2.70 bits per heavy atom. The summed E-state index contributed by atoms with van der Waals surface area (Å²) in [6, 6.07) is 3.89. The van der Waals surface area contributed by atoms with Crippen LogP contribution in [0.25, 0.3) is 0 Å². The number of hydrogen-bond donors (Lipinski definition) is 2. The van der Waals surface area contributed by atoms with Gasteiger partial charge in [0.25, 0.3) is 5.91 Å². The van der Waals surface area contributed by atoms with E-state index in [9.17, 15) is 4.79 Å². The molecular weight excluding hydrogens is 270 g/mol. The van der Waals surface area contributed by atoms with Gasteiger partial charge in [-0.3, -0.25) is 9.89 Å². The second-order valence-electron chi connectivity index (χ2n) is 4.75. The fourth-order valence-corrected chi connectivity index (χ4v) is 3.35. The summed E-state index contributed by atoms with van der Waals surface area (Å²) < 4.78 is 0. The Hall–Kier alpha value is -1.62. The SMILES string of the molecule is CCCc1sc(C(=O)Nc2cc(CC)[nH]n2)cc1CC. The normalized spacial score (nSPS) is 10.8. The predicted octanol–water partition coefficient (Wildman–Crippen LogP) is 3.80. The second-order valence-corrected chi connectivity index (χ2v) is 5.89. The number of carbonyl (C=O) groups is 1. The van der Waals surface area contributed by atoms with E-state index < -0.39 is 0 Å². The lowest BCUT2D eigenvalue weighted by Crippen LogP contribution is -2.10. The molecule has 0 bridgehead atoms. The van der Waals surface area contributed by atoms with Crippen LogP contribution in [0.5, 0.6) is 0 Å². The van der Waals surface area contributed by atoms with Crippen LogP contribution in [0.1, 0.15) is 53.0 Å². The number of amides is 1. The molecule has 4 nitrogen and oxygen atoms in total.